The Balaban J connectivity index is 1.36. The number of unbranched alkanes of at least 4 members (excludes halogenated alkanes) is 1. The van der Waals surface area contributed by atoms with Gasteiger partial charge in [0.2, 0.25) is 0 Å². The SMILES string of the molecule is C=CCOCc1ccc[c]c1CCCCc1ccc(/C=C/CCc2ccc(C/C=C/C)cc2)cc1. The van der Waals surface area contributed by atoms with Crippen LogP contribution in [0.5, 0.6) is 0 Å². The molecule has 0 aliphatic rings. The summed E-state index contributed by atoms with van der Waals surface area (Å²) >= 11 is 0. The molecule has 0 atom stereocenters. The van der Waals surface area contributed by atoms with Crippen LogP contribution in [0.4, 0.5) is 0 Å². The number of hydrogen-bond donors (Lipinski definition) is 0. The Morgan fingerprint density at radius 1 is 0.829 bits per heavy atom. The van der Waals surface area contributed by atoms with Gasteiger partial charge in [0.15, 0.2) is 0 Å². The molecule has 0 aromatic heterocycles. The first-order chi connectivity index (χ1) is 17.3. The van der Waals surface area contributed by atoms with Crippen LogP contribution in [0.2, 0.25) is 0 Å². The molecule has 0 spiro atoms. The van der Waals surface area contributed by atoms with E-state index in [9.17, 15) is 0 Å². The van der Waals surface area contributed by atoms with Gasteiger partial charge >= 0.3 is 0 Å². The second-order valence-electron chi connectivity index (χ2n) is 8.96. The normalized spacial score (nSPS) is 11.5. The van der Waals surface area contributed by atoms with Gasteiger partial charge in [-0.05, 0) is 91.3 Å². The summed E-state index contributed by atoms with van der Waals surface area (Å²) in [6.45, 7) is 7.00. The van der Waals surface area contributed by atoms with E-state index in [-0.39, 0.29) is 0 Å². The molecule has 0 amide bonds. The van der Waals surface area contributed by atoms with E-state index in [4.69, 9.17) is 4.74 Å². The molecule has 0 saturated carbocycles. The molecule has 0 aliphatic carbocycles. The van der Waals surface area contributed by atoms with Gasteiger partial charge in [-0.3, -0.25) is 0 Å². The van der Waals surface area contributed by atoms with Crippen LogP contribution >= 0.6 is 0 Å². The van der Waals surface area contributed by atoms with Crippen LogP contribution in [0.25, 0.3) is 6.08 Å². The molecule has 1 nitrogen and oxygen atoms in total. The van der Waals surface area contributed by atoms with Crippen molar-refractivity contribution in [3.63, 3.8) is 0 Å². The lowest BCUT2D eigenvalue weighted by atomic mass is 9.99. The fourth-order valence-electron chi connectivity index (χ4n) is 4.12. The third-order valence-electron chi connectivity index (χ3n) is 6.18. The maximum absolute atomic E-state index is 5.62. The Kier molecular flexibility index (Phi) is 11.9. The van der Waals surface area contributed by atoms with Crippen LogP contribution in [0.15, 0.2) is 97.6 Å². The van der Waals surface area contributed by atoms with Gasteiger partial charge in [-0.15, -0.1) is 6.58 Å². The Labute approximate surface area is 212 Å². The average molecular weight is 464 g/mol. The van der Waals surface area contributed by atoms with Crippen LogP contribution < -0.4 is 0 Å². The topological polar surface area (TPSA) is 9.23 Å². The smallest absolute Gasteiger partial charge is 0.0724 e. The minimum Gasteiger partial charge on any atom is -0.373 e. The summed E-state index contributed by atoms with van der Waals surface area (Å²) in [4.78, 5) is 0. The highest BCUT2D eigenvalue weighted by Crippen LogP contribution is 2.15. The van der Waals surface area contributed by atoms with Gasteiger partial charge in [0, 0.05) is 0 Å². The van der Waals surface area contributed by atoms with Gasteiger partial charge in [0.25, 0.3) is 0 Å². The molecule has 1 heteroatoms. The summed E-state index contributed by atoms with van der Waals surface area (Å²) in [5, 5.41) is 0. The van der Waals surface area contributed by atoms with E-state index in [1.54, 1.807) is 6.08 Å². The second kappa shape index (κ2) is 15.7. The van der Waals surface area contributed by atoms with Crippen molar-refractivity contribution in [1.82, 2.24) is 0 Å². The van der Waals surface area contributed by atoms with Crippen molar-refractivity contribution in [3.8, 4) is 0 Å². The van der Waals surface area contributed by atoms with Gasteiger partial charge < -0.3 is 4.74 Å². The van der Waals surface area contributed by atoms with Crippen molar-refractivity contribution in [1.29, 1.82) is 0 Å². The van der Waals surface area contributed by atoms with Crippen LogP contribution in [0, 0.1) is 6.07 Å². The van der Waals surface area contributed by atoms with E-state index < -0.39 is 0 Å². The fraction of sp³-hybridized carbons (Fsp3) is 0.294. The molecule has 0 bridgehead atoms. The highest BCUT2D eigenvalue weighted by molar-refractivity contribution is 5.49. The van der Waals surface area contributed by atoms with E-state index in [0.29, 0.717) is 13.2 Å². The molecule has 0 saturated heterocycles. The van der Waals surface area contributed by atoms with Crippen LogP contribution in [-0.4, -0.2) is 6.61 Å². The summed E-state index contributed by atoms with van der Waals surface area (Å²) in [5.74, 6) is 0. The molecule has 181 valence electrons. The lowest BCUT2D eigenvalue weighted by Gasteiger charge is -2.09. The molecule has 1 radical (unpaired) electrons. The predicted octanol–water partition coefficient (Wildman–Crippen LogP) is 8.52. The number of rotatable bonds is 15. The molecule has 3 aromatic rings. The second-order valence-corrected chi connectivity index (χ2v) is 8.96. The lowest BCUT2D eigenvalue weighted by Crippen LogP contribution is -1.99. The molecular formula is C34H39O. The molecular weight excluding hydrogens is 424 g/mol. The van der Waals surface area contributed by atoms with E-state index >= 15 is 0 Å². The zero-order valence-electron chi connectivity index (χ0n) is 21.2. The summed E-state index contributed by atoms with van der Waals surface area (Å²) in [5.41, 5.74) is 7.98. The van der Waals surface area contributed by atoms with Gasteiger partial charge in [-0.25, -0.2) is 0 Å². The zero-order chi connectivity index (χ0) is 24.6. The summed E-state index contributed by atoms with van der Waals surface area (Å²) in [7, 11) is 0. The summed E-state index contributed by atoms with van der Waals surface area (Å²) in [6, 6.07) is 27.6. The third-order valence-corrected chi connectivity index (χ3v) is 6.18. The monoisotopic (exact) mass is 463 g/mol. The minimum absolute atomic E-state index is 0.588. The number of aryl methyl sites for hydroxylation is 3. The van der Waals surface area contributed by atoms with E-state index in [1.807, 2.05) is 12.1 Å². The Morgan fingerprint density at radius 2 is 1.54 bits per heavy atom. The molecule has 35 heavy (non-hydrogen) atoms. The molecule has 0 aliphatic heterocycles. The Morgan fingerprint density at radius 3 is 2.31 bits per heavy atom. The standard InChI is InChI=1S/C34H39O/c1-3-5-12-29-19-21-30(22-20-29)13-6-7-14-31-23-25-32(26-24-31)15-8-9-16-33-17-10-11-18-34(33)28-35-27-4-2/h3-5,7,10-11,14,18-26H,2,6,8-9,12-13,15-16,27-28H2,1H3/b5-3+,14-7+. The van der Waals surface area contributed by atoms with E-state index in [0.717, 1.165) is 38.5 Å². The van der Waals surface area contributed by atoms with Gasteiger partial charge in [0.05, 0.1) is 13.2 Å². The van der Waals surface area contributed by atoms with Crippen LogP contribution in [-0.2, 0) is 37.0 Å². The van der Waals surface area contributed by atoms with Crippen molar-refractivity contribution < 1.29 is 4.74 Å². The zero-order valence-corrected chi connectivity index (χ0v) is 21.2. The van der Waals surface area contributed by atoms with Crippen molar-refractivity contribution in [2.75, 3.05) is 6.61 Å². The summed E-state index contributed by atoms with van der Waals surface area (Å²) < 4.78 is 5.62. The maximum atomic E-state index is 5.62. The lowest BCUT2D eigenvalue weighted by molar-refractivity contribution is 0.148. The molecule has 0 fully saturated rings. The highest BCUT2D eigenvalue weighted by atomic mass is 16.5. The first-order valence-electron chi connectivity index (χ1n) is 12.9. The molecule has 0 N–H and O–H groups in total. The van der Waals surface area contributed by atoms with Crippen molar-refractivity contribution in [2.24, 2.45) is 0 Å². The van der Waals surface area contributed by atoms with Crippen molar-refractivity contribution in [2.45, 2.75) is 58.5 Å². The average Bonchev–Trinajstić information content (AvgIpc) is 2.90. The number of ether oxygens (including phenoxy) is 1. The first-order valence-corrected chi connectivity index (χ1v) is 12.9. The third kappa shape index (κ3) is 9.92. The van der Waals surface area contributed by atoms with Gasteiger partial charge in [0.1, 0.15) is 0 Å². The van der Waals surface area contributed by atoms with Gasteiger partial charge in [-0.2, -0.15) is 0 Å². The maximum Gasteiger partial charge on any atom is 0.0724 e. The van der Waals surface area contributed by atoms with Crippen molar-refractivity contribution >= 4 is 6.08 Å². The minimum atomic E-state index is 0.588. The van der Waals surface area contributed by atoms with Crippen molar-refractivity contribution in [3.05, 3.63) is 137 Å². The summed E-state index contributed by atoms with van der Waals surface area (Å²) in [6.07, 6.45) is 18.3. The quantitative estimate of drug-likeness (QED) is 0.162. The predicted molar refractivity (Wildman–Crippen MR) is 151 cm³/mol. The molecule has 0 unspecified atom stereocenters. The van der Waals surface area contributed by atoms with Gasteiger partial charge in [-0.1, -0.05) is 97.1 Å². The molecule has 0 heterocycles. The Hall–Kier alpha value is -3.16. The number of hydrogen-bond acceptors (Lipinski definition) is 1. The van der Waals surface area contributed by atoms with Crippen LogP contribution in [0.1, 0.15) is 59.6 Å². The number of benzene rings is 3. The largest absolute Gasteiger partial charge is 0.373 e. The first kappa shape index (κ1) is 26.4. The van der Waals surface area contributed by atoms with E-state index in [1.165, 1.54) is 39.8 Å². The molecule has 3 rings (SSSR count). The van der Waals surface area contributed by atoms with Crippen LogP contribution in [0.3, 0.4) is 0 Å². The fourth-order valence-corrected chi connectivity index (χ4v) is 4.12. The highest BCUT2D eigenvalue weighted by Gasteiger charge is 2.03. The molecule has 3 aromatic carbocycles. The number of allylic oxidation sites excluding steroid dienone is 3. The Bertz CT molecular complexity index is 1050. The van der Waals surface area contributed by atoms with E-state index in [2.05, 4.69) is 98.5 Å².